The second kappa shape index (κ2) is 21.2. The van der Waals surface area contributed by atoms with Gasteiger partial charge < -0.3 is 24.5 Å². The van der Waals surface area contributed by atoms with E-state index in [4.69, 9.17) is 15.0 Å². The number of hydrogen-bond donors (Lipinski definition) is 2. The largest absolute Gasteiger partial charge is 0.382 e. The van der Waals surface area contributed by atoms with Crippen molar-refractivity contribution in [2.24, 2.45) is 0 Å². The number of halogens is 1. The predicted molar refractivity (Wildman–Crippen MR) is 173 cm³/mol. The maximum absolute atomic E-state index is 12.3. The minimum Gasteiger partial charge on any atom is -0.382 e. The van der Waals surface area contributed by atoms with E-state index in [2.05, 4.69) is 47.3 Å². The van der Waals surface area contributed by atoms with Gasteiger partial charge in [0.05, 0.1) is 25.6 Å². The summed E-state index contributed by atoms with van der Waals surface area (Å²) in [5.74, 6) is 5.55. The van der Waals surface area contributed by atoms with E-state index in [1.54, 1.807) is 19.8 Å². The van der Waals surface area contributed by atoms with Gasteiger partial charge >= 0.3 is 7.60 Å². The first kappa shape index (κ1) is 34.7. The van der Waals surface area contributed by atoms with Crippen LogP contribution in [0.15, 0.2) is 12.7 Å². The number of imidazole rings is 1. The molecule has 0 fully saturated rings. The second-order valence-electron chi connectivity index (χ2n) is 9.51. The molecule has 1 unspecified atom stereocenters. The Morgan fingerprint density at radius 1 is 1.05 bits per heavy atom. The number of nitrogen functional groups attached to an aromatic ring is 1. The summed E-state index contributed by atoms with van der Waals surface area (Å²) in [6.07, 6.45) is 17.2. The Bertz CT molecular complexity index is 1050. The predicted octanol–water partition coefficient (Wildman–Crippen LogP) is 7.43. The first-order chi connectivity index (χ1) is 18.9. The molecular formula is C26H43IN5O4PS2. The molecule has 2 heterocycles. The quantitative estimate of drug-likeness (QED) is 0.0551. The summed E-state index contributed by atoms with van der Waals surface area (Å²) in [7, 11) is -2.23. The number of anilines is 1. The normalized spacial score (nSPS) is 13.7. The highest BCUT2D eigenvalue weighted by atomic mass is 127. The maximum Gasteiger partial charge on any atom is 0.353 e. The van der Waals surface area contributed by atoms with Crippen LogP contribution in [0.25, 0.3) is 11.2 Å². The molecule has 0 aliphatic heterocycles. The van der Waals surface area contributed by atoms with Gasteiger partial charge in [-0.3, -0.25) is 4.57 Å². The Morgan fingerprint density at radius 2 is 1.72 bits per heavy atom. The fourth-order valence-corrected chi connectivity index (χ4v) is 6.49. The van der Waals surface area contributed by atoms with Gasteiger partial charge in [-0.1, -0.05) is 57.3 Å². The standard InChI is InChI=1S/C26H43IN5O4PS2/c1-23(19-32-21-31-24-25(28)29-20-30-26(24)32)35-22-37(33,34)36-15-14-17-38-16-12-10-8-6-4-2-3-5-7-9-11-13-18-39-27/h20-21,23H,2-12,14-17,19,22H2,1H3,(H,33,34)(H2,28,29,30)/t23-/m1/s1. The molecule has 39 heavy (non-hydrogen) atoms. The second-order valence-corrected chi connectivity index (χ2v) is 14.2. The van der Waals surface area contributed by atoms with Gasteiger partial charge in [0.15, 0.2) is 11.5 Å². The van der Waals surface area contributed by atoms with Gasteiger partial charge in [-0.05, 0) is 51.9 Å². The Kier molecular flexibility index (Phi) is 18.8. The van der Waals surface area contributed by atoms with E-state index < -0.39 is 7.60 Å². The van der Waals surface area contributed by atoms with Crippen LogP contribution < -0.4 is 5.73 Å². The fraction of sp³-hybridized carbons (Fsp3) is 0.731. The van der Waals surface area contributed by atoms with Crippen molar-refractivity contribution in [2.45, 2.75) is 96.6 Å². The number of fused-ring (bicyclic) bond motifs is 1. The zero-order chi connectivity index (χ0) is 28.2. The summed E-state index contributed by atoms with van der Waals surface area (Å²) >= 11 is 4.10. The van der Waals surface area contributed by atoms with E-state index in [0.717, 1.165) is 24.3 Å². The third kappa shape index (κ3) is 15.9. The lowest BCUT2D eigenvalue weighted by Crippen LogP contribution is -2.17. The molecule has 0 bridgehead atoms. The van der Waals surface area contributed by atoms with Crippen molar-refractivity contribution in [1.82, 2.24) is 19.5 Å². The Hall–Kier alpha value is -0.550. The zero-order valence-corrected chi connectivity index (χ0v) is 27.6. The van der Waals surface area contributed by atoms with Crippen LogP contribution in [0.4, 0.5) is 5.82 Å². The van der Waals surface area contributed by atoms with Gasteiger partial charge in [-0.15, -0.1) is 0 Å². The SMILES string of the molecule is C[C@H](Cn1cnc2c(N)ncnc21)OCP(=O)(O)OCCCSCCCCCCCCCCCCC#CSI. The minimum atomic E-state index is -3.79. The van der Waals surface area contributed by atoms with Gasteiger partial charge in [0.25, 0.3) is 0 Å². The van der Waals surface area contributed by atoms with Crippen LogP contribution in [-0.4, -0.2) is 55.0 Å². The molecule has 2 rings (SSSR count). The van der Waals surface area contributed by atoms with Crippen molar-refractivity contribution >= 4 is 66.5 Å². The third-order valence-corrected chi connectivity index (χ3v) is 9.18. The number of aromatic nitrogens is 4. The van der Waals surface area contributed by atoms with E-state index in [1.807, 2.05) is 18.7 Å². The van der Waals surface area contributed by atoms with Gasteiger partial charge in [0.1, 0.15) is 18.2 Å². The van der Waals surface area contributed by atoms with E-state index in [1.165, 1.54) is 70.5 Å². The molecule has 9 nitrogen and oxygen atoms in total. The van der Waals surface area contributed by atoms with Gasteiger partial charge in [-0.2, -0.15) is 11.8 Å². The Morgan fingerprint density at radius 3 is 2.44 bits per heavy atom. The number of hydrogen-bond acceptors (Lipinski definition) is 9. The molecule has 0 saturated heterocycles. The minimum absolute atomic E-state index is 0.256. The van der Waals surface area contributed by atoms with Crippen LogP contribution in [0.5, 0.6) is 0 Å². The van der Waals surface area contributed by atoms with Crippen LogP contribution in [0, 0.1) is 11.2 Å². The lowest BCUT2D eigenvalue weighted by atomic mass is 10.1. The van der Waals surface area contributed by atoms with E-state index in [0.29, 0.717) is 23.5 Å². The average Bonchev–Trinajstić information content (AvgIpc) is 3.32. The number of thioether (sulfide) groups is 1. The summed E-state index contributed by atoms with van der Waals surface area (Å²) in [5, 5.41) is 3.04. The highest BCUT2D eigenvalue weighted by molar-refractivity contribution is 14.2. The average molecular weight is 712 g/mol. The number of ether oxygens (including phenoxy) is 1. The maximum atomic E-state index is 12.3. The molecule has 2 atom stereocenters. The first-order valence-corrected chi connectivity index (χ1v) is 20.0. The molecule has 0 aromatic carbocycles. The van der Waals surface area contributed by atoms with Crippen LogP contribution in [0.2, 0.25) is 0 Å². The van der Waals surface area contributed by atoms with Crippen molar-refractivity contribution < 1.29 is 18.7 Å². The highest BCUT2D eigenvalue weighted by Crippen LogP contribution is 2.42. The fourth-order valence-electron chi connectivity index (χ4n) is 4.00. The highest BCUT2D eigenvalue weighted by Gasteiger charge is 2.21. The van der Waals surface area contributed by atoms with Crippen LogP contribution in [0.1, 0.15) is 84.0 Å². The zero-order valence-electron chi connectivity index (χ0n) is 22.9. The number of nitrogens with two attached hydrogens (primary N) is 1. The van der Waals surface area contributed by atoms with Crippen molar-refractivity contribution in [3.63, 3.8) is 0 Å². The molecule has 2 aromatic rings. The summed E-state index contributed by atoms with van der Waals surface area (Å²) in [6, 6.07) is 0. The van der Waals surface area contributed by atoms with Crippen LogP contribution in [-0.2, 0) is 20.4 Å². The van der Waals surface area contributed by atoms with Crippen molar-refractivity contribution in [1.29, 1.82) is 0 Å². The molecule has 0 aliphatic carbocycles. The summed E-state index contributed by atoms with van der Waals surface area (Å²) in [5.41, 5.74) is 6.94. The molecule has 2 aromatic heterocycles. The van der Waals surface area contributed by atoms with Crippen molar-refractivity contribution in [3.05, 3.63) is 12.7 Å². The summed E-state index contributed by atoms with van der Waals surface area (Å²) in [6.45, 7) is 2.49. The topological polar surface area (TPSA) is 125 Å². The van der Waals surface area contributed by atoms with Gasteiger partial charge in [0, 0.05) is 27.6 Å². The summed E-state index contributed by atoms with van der Waals surface area (Å²) < 4.78 is 24.9. The lowest BCUT2D eigenvalue weighted by Gasteiger charge is -2.17. The smallest absolute Gasteiger partial charge is 0.353 e. The summed E-state index contributed by atoms with van der Waals surface area (Å²) in [4.78, 5) is 22.4. The van der Waals surface area contributed by atoms with E-state index >= 15 is 0 Å². The van der Waals surface area contributed by atoms with Crippen molar-refractivity contribution in [2.75, 3.05) is 30.2 Å². The third-order valence-electron chi connectivity index (χ3n) is 6.08. The lowest BCUT2D eigenvalue weighted by molar-refractivity contribution is 0.0718. The Labute approximate surface area is 254 Å². The van der Waals surface area contributed by atoms with Crippen LogP contribution >= 0.6 is 49.5 Å². The molecular weight excluding hydrogens is 668 g/mol. The monoisotopic (exact) mass is 711 g/mol. The molecule has 13 heteroatoms. The molecule has 0 saturated carbocycles. The van der Waals surface area contributed by atoms with E-state index in [-0.39, 0.29) is 19.1 Å². The van der Waals surface area contributed by atoms with Crippen molar-refractivity contribution in [3.8, 4) is 11.2 Å². The van der Waals surface area contributed by atoms with Crippen LogP contribution in [0.3, 0.4) is 0 Å². The number of unbranched alkanes of at least 4 members (excludes halogenated alkanes) is 10. The van der Waals surface area contributed by atoms with Gasteiger partial charge in [0.2, 0.25) is 0 Å². The van der Waals surface area contributed by atoms with E-state index in [9.17, 15) is 9.46 Å². The number of nitrogens with zero attached hydrogens (tertiary/aromatic N) is 4. The first-order valence-electron chi connectivity index (χ1n) is 13.8. The number of rotatable bonds is 22. The molecule has 220 valence electrons. The molecule has 3 N–H and O–H groups in total. The van der Waals surface area contributed by atoms with Gasteiger partial charge in [-0.25, -0.2) is 15.0 Å². The molecule has 0 radical (unpaired) electrons. The molecule has 0 spiro atoms. The Balaban J connectivity index is 1.39. The molecule has 0 aliphatic rings. The molecule has 0 amide bonds.